The summed E-state index contributed by atoms with van der Waals surface area (Å²) in [5.41, 5.74) is 2.15. The standard InChI is InChI=1S/C18H26N2O4S/c1-14-5-4-6-16(11-14)12-20(15(2)21)9-7-18(22)19(3)17-8-10-25(23,24)13-17/h4-6,11,17H,7-10,12-13H2,1-3H3. The summed E-state index contributed by atoms with van der Waals surface area (Å²) in [5, 5.41) is 0. The van der Waals surface area contributed by atoms with Crippen molar-refractivity contribution in [2.45, 2.75) is 39.3 Å². The molecule has 1 aromatic rings. The van der Waals surface area contributed by atoms with Crippen LogP contribution in [0.2, 0.25) is 0 Å². The van der Waals surface area contributed by atoms with E-state index in [1.165, 1.54) is 11.8 Å². The molecule has 2 amide bonds. The van der Waals surface area contributed by atoms with E-state index in [4.69, 9.17) is 0 Å². The van der Waals surface area contributed by atoms with Crippen LogP contribution in [0.25, 0.3) is 0 Å². The molecule has 1 aliphatic heterocycles. The highest BCUT2D eigenvalue weighted by molar-refractivity contribution is 7.91. The lowest BCUT2D eigenvalue weighted by Gasteiger charge is -2.26. The number of hydrogen-bond acceptors (Lipinski definition) is 4. The van der Waals surface area contributed by atoms with E-state index in [1.807, 2.05) is 31.2 Å². The Bertz CT molecular complexity index is 745. The van der Waals surface area contributed by atoms with Crippen LogP contribution in [0, 0.1) is 6.92 Å². The Hall–Kier alpha value is -1.89. The van der Waals surface area contributed by atoms with Gasteiger partial charge in [0.05, 0.1) is 11.5 Å². The second-order valence-corrected chi connectivity index (χ2v) is 8.97. The second kappa shape index (κ2) is 7.99. The quantitative estimate of drug-likeness (QED) is 0.762. The topological polar surface area (TPSA) is 74.8 Å². The summed E-state index contributed by atoms with van der Waals surface area (Å²) in [4.78, 5) is 27.4. The van der Waals surface area contributed by atoms with Gasteiger partial charge in [0.15, 0.2) is 9.84 Å². The van der Waals surface area contributed by atoms with E-state index in [9.17, 15) is 18.0 Å². The van der Waals surface area contributed by atoms with E-state index >= 15 is 0 Å². The third-order valence-corrected chi connectivity index (χ3v) is 6.40. The summed E-state index contributed by atoms with van der Waals surface area (Å²) in [6, 6.07) is 7.67. The van der Waals surface area contributed by atoms with Gasteiger partial charge >= 0.3 is 0 Å². The van der Waals surface area contributed by atoms with Crippen LogP contribution in [0.3, 0.4) is 0 Å². The van der Waals surface area contributed by atoms with Gasteiger partial charge in [-0.1, -0.05) is 29.8 Å². The predicted molar refractivity (Wildman–Crippen MR) is 96.7 cm³/mol. The van der Waals surface area contributed by atoms with E-state index in [0.717, 1.165) is 11.1 Å². The van der Waals surface area contributed by atoms with E-state index in [1.54, 1.807) is 11.9 Å². The van der Waals surface area contributed by atoms with Crippen molar-refractivity contribution in [2.24, 2.45) is 0 Å². The number of benzene rings is 1. The van der Waals surface area contributed by atoms with Crippen LogP contribution in [0.1, 0.15) is 30.9 Å². The summed E-state index contributed by atoms with van der Waals surface area (Å²) in [7, 11) is -1.38. The molecule has 1 heterocycles. The molecule has 1 unspecified atom stereocenters. The van der Waals surface area contributed by atoms with Gasteiger partial charge < -0.3 is 9.80 Å². The van der Waals surface area contributed by atoms with Gasteiger partial charge in [0.25, 0.3) is 0 Å². The zero-order valence-electron chi connectivity index (χ0n) is 15.1. The molecular formula is C18H26N2O4S. The molecule has 7 heteroatoms. The number of amides is 2. The van der Waals surface area contributed by atoms with Gasteiger partial charge in [-0.25, -0.2) is 8.42 Å². The van der Waals surface area contributed by atoms with Crippen LogP contribution >= 0.6 is 0 Å². The molecule has 2 rings (SSSR count). The van der Waals surface area contributed by atoms with Gasteiger partial charge in [0.2, 0.25) is 11.8 Å². The monoisotopic (exact) mass is 366 g/mol. The molecule has 1 saturated heterocycles. The van der Waals surface area contributed by atoms with E-state index in [0.29, 0.717) is 19.5 Å². The summed E-state index contributed by atoms with van der Waals surface area (Å²) in [6.07, 6.45) is 0.683. The van der Waals surface area contributed by atoms with E-state index in [-0.39, 0.29) is 35.8 Å². The highest BCUT2D eigenvalue weighted by atomic mass is 32.2. The number of carbonyl (C=O) groups is 2. The maximum atomic E-state index is 12.4. The molecular weight excluding hydrogens is 340 g/mol. The Kier molecular flexibility index (Phi) is 6.21. The molecule has 138 valence electrons. The number of aryl methyl sites for hydroxylation is 1. The largest absolute Gasteiger partial charge is 0.342 e. The Morgan fingerprint density at radius 3 is 2.56 bits per heavy atom. The predicted octanol–water partition coefficient (Wildman–Crippen LogP) is 1.38. The molecule has 0 spiro atoms. The fourth-order valence-electron chi connectivity index (χ4n) is 3.07. The van der Waals surface area contributed by atoms with Crippen molar-refractivity contribution in [3.63, 3.8) is 0 Å². The lowest BCUT2D eigenvalue weighted by atomic mass is 10.1. The molecule has 0 aromatic heterocycles. The van der Waals surface area contributed by atoms with Crippen molar-refractivity contribution in [3.8, 4) is 0 Å². The highest BCUT2D eigenvalue weighted by Gasteiger charge is 2.32. The molecule has 1 fully saturated rings. The van der Waals surface area contributed by atoms with Gasteiger partial charge in [-0.3, -0.25) is 9.59 Å². The van der Waals surface area contributed by atoms with Crippen LogP contribution < -0.4 is 0 Å². The first-order valence-electron chi connectivity index (χ1n) is 8.45. The van der Waals surface area contributed by atoms with Crippen molar-refractivity contribution in [1.82, 2.24) is 9.80 Å². The molecule has 0 radical (unpaired) electrons. The van der Waals surface area contributed by atoms with Crippen LogP contribution in [0.15, 0.2) is 24.3 Å². The zero-order chi connectivity index (χ0) is 18.6. The molecule has 0 saturated carbocycles. The third kappa shape index (κ3) is 5.56. The molecule has 0 N–H and O–H groups in total. The van der Waals surface area contributed by atoms with E-state index in [2.05, 4.69) is 0 Å². The SMILES string of the molecule is CC(=O)N(CCC(=O)N(C)C1CCS(=O)(=O)C1)Cc1cccc(C)c1. The van der Waals surface area contributed by atoms with Crippen molar-refractivity contribution in [3.05, 3.63) is 35.4 Å². The van der Waals surface area contributed by atoms with Crippen LogP contribution in [-0.4, -0.2) is 61.2 Å². The molecule has 25 heavy (non-hydrogen) atoms. The fraction of sp³-hybridized carbons (Fsp3) is 0.556. The average molecular weight is 366 g/mol. The molecule has 1 aliphatic rings. The van der Waals surface area contributed by atoms with Crippen LogP contribution in [-0.2, 0) is 26.0 Å². The van der Waals surface area contributed by atoms with Gasteiger partial charge in [-0.2, -0.15) is 0 Å². The number of sulfone groups is 1. The summed E-state index contributed by atoms with van der Waals surface area (Å²) >= 11 is 0. The molecule has 6 nitrogen and oxygen atoms in total. The number of nitrogens with zero attached hydrogens (tertiary/aromatic N) is 2. The Morgan fingerprint density at radius 1 is 1.28 bits per heavy atom. The lowest BCUT2D eigenvalue weighted by molar-refractivity contribution is -0.134. The van der Waals surface area contributed by atoms with Crippen LogP contribution in [0.5, 0.6) is 0 Å². The van der Waals surface area contributed by atoms with Crippen molar-refractivity contribution >= 4 is 21.7 Å². The summed E-state index contributed by atoms with van der Waals surface area (Å²) in [6.45, 7) is 4.28. The van der Waals surface area contributed by atoms with Gasteiger partial charge in [0.1, 0.15) is 0 Å². The summed E-state index contributed by atoms with van der Waals surface area (Å²) < 4.78 is 23.1. The van der Waals surface area contributed by atoms with E-state index < -0.39 is 9.84 Å². The number of rotatable bonds is 6. The first-order valence-corrected chi connectivity index (χ1v) is 10.3. The summed E-state index contributed by atoms with van der Waals surface area (Å²) in [5.74, 6) is -0.0324. The smallest absolute Gasteiger partial charge is 0.224 e. The maximum Gasteiger partial charge on any atom is 0.224 e. The zero-order valence-corrected chi connectivity index (χ0v) is 15.9. The third-order valence-electron chi connectivity index (χ3n) is 4.65. The van der Waals surface area contributed by atoms with Crippen molar-refractivity contribution < 1.29 is 18.0 Å². The Morgan fingerprint density at radius 2 is 2.00 bits per heavy atom. The Labute approximate surface area is 149 Å². The lowest BCUT2D eigenvalue weighted by Crippen LogP contribution is -2.40. The minimum Gasteiger partial charge on any atom is -0.342 e. The van der Waals surface area contributed by atoms with Gasteiger partial charge in [0, 0.05) is 39.5 Å². The normalized spacial score (nSPS) is 18.8. The first kappa shape index (κ1) is 19.4. The molecule has 1 aromatic carbocycles. The van der Waals surface area contributed by atoms with Crippen LogP contribution in [0.4, 0.5) is 0 Å². The number of hydrogen-bond donors (Lipinski definition) is 0. The molecule has 0 aliphatic carbocycles. The highest BCUT2D eigenvalue weighted by Crippen LogP contribution is 2.17. The average Bonchev–Trinajstić information content (AvgIpc) is 2.90. The minimum atomic E-state index is -3.02. The first-order chi connectivity index (χ1) is 11.7. The maximum absolute atomic E-state index is 12.4. The van der Waals surface area contributed by atoms with Gasteiger partial charge in [-0.15, -0.1) is 0 Å². The number of carbonyl (C=O) groups excluding carboxylic acids is 2. The fourth-order valence-corrected chi connectivity index (χ4v) is 4.84. The van der Waals surface area contributed by atoms with Crippen molar-refractivity contribution in [2.75, 3.05) is 25.1 Å². The van der Waals surface area contributed by atoms with Gasteiger partial charge in [-0.05, 0) is 18.9 Å². The Balaban J connectivity index is 1.92. The second-order valence-electron chi connectivity index (χ2n) is 6.74. The molecule has 0 bridgehead atoms. The minimum absolute atomic E-state index is 0.0367. The van der Waals surface area contributed by atoms with Crippen molar-refractivity contribution in [1.29, 1.82) is 0 Å². The molecule has 1 atom stereocenters.